The number of ketones is 1. The Balaban J connectivity index is 1.87. The number of nitrogens with zero attached hydrogens (tertiary/aromatic N) is 1. The molecule has 1 atom stereocenters. The van der Waals surface area contributed by atoms with Crippen molar-refractivity contribution in [2.75, 3.05) is 0 Å². The lowest BCUT2D eigenvalue weighted by molar-refractivity contribution is 0.0956. The number of aryl methyl sites for hydroxylation is 1. The lowest BCUT2D eigenvalue weighted by Crippen LogP contribution is -2.19. The van der Waals surface area contributed by atoms with Crippen LogP contribution in [0.4, 0.5) is 0 Å². The van der Waals surface area contributed by atoms with Crippen LogP contribution >= 0.6 is 0 Å². The molecular formula is C21H26N2O2. The van der Waals surface area contributed by atoms with Gasteiger partial charge in [0.15, 0.2) is 5.78 Å². The number of benzene rings is 1. The molecule has 1 aromatic heterocycles. The molecule has 2 aromatic rings. The van der Waals surface area contributed by atoms with Crippen LogP contribution in [0.5, 0.6) is 0 Å². The highest BCUT2D eigenvalue weighted by Crippen LogP contribution is 2.57. The number of hydrogen-bond acceptors (Lipinski definition) is 3. The Hall–Kier alpha value is -2.23. The van der Waals surface area contributed by atoms with Gasteiger partial charge in [0.05, 0.1) is 0 Å². The molecule has 0 spiro atoms. The number of aromatic nitrogens is 2. The van der Waals surface area contributed by atoms with Gasteiger partial charge in [0.2, 0.25) is 0 Å². The zero-order chi connectivity index (χ0) is 18.2. The molecule has 1 fully saturated rings. The van der Waals surface area contributed by atoms with Crippen LogP contribution in [0.15, 0.2) is 35.1 Å². The molecule has 1 aromatic carbocycles. The standard InChI is InChI=1S/C21H26N2O2/c1-13(2)15-5-7-16(8-6-15)17(21(4)9-10-21)11-19(24)18-12-20(25)23-14(3)22-18/h5-8,12-13,17H,9-11H2,1-4H3,(H,22,23,25)/t17-/m0/s1. The predicted octanol–water partition coefficient (Wildman–Crippen LogP) is 4.36. The fourth-order valence-corrected chi connectivity index (χ4v) is 3.44. The first kappa shape index (κ1) is 17.6. The van der Waals surface area contributed by atoms with Gasteiger partial charge in [0.25, 0.3) is 5.56 Å². The van der Waals surface area contributed by atoms with Crippen LogP contribution in [0.1, 0.15) is 79.3 Å². The largest absolute Gasteiger partial charge is 0.311 e. The van der Waals surface area contributed by atoms with Crippen LogP contribution in [-0.4, -0.2) is 15.8 Å². The summed E-state index contributed by atoms with van der Waals surface area (Å²) in [7, 11) is 0. The van der Waals surface area contributed by atoms with Crippen LogP contribution < -0.4 is 5.56 Å². The summed E-state index contributed by atoms with van der Waals surface area (Å²) >= 11 is 0. The molecule has 1 aliphatic carbocycles. The second-order valence-corrected chi connectivity index (χ2v) is 7.87. The van der Waals surface area contributed by atoms with E-state index in [2.05, 4.69) is 55.0 Å². The van der Waals surface area contributed by atoms with Gasteiger partial charge in [0.1, 0.15) is 11.5 Å². The molecule has 0 bridgehead atoms. The highest BCUT2D eigenvalue weighted by Gasteiger charge is 2.46. The van der Waals surface area contributed by atoms with Crippen molar-refractivity contribution in [3.63, 3.8) is 0 Å². The molecule has 0 aliphatic heterocycles. The zero-order valence-electron chi connectivity index (χ0n) is 15.4. The van der Waals surface area contributed by atoms with E-state index in [1.807, 2.05) is 0 Å². The number of nitrogens with one attached hydrogen (secondary N) is 1. The first-order valence-corrected chi connectivity index (χ1v) is 8.99. The van der Waals surface area contributed by atoms with E-state index >= 15 is 0 Å². The molecule has 0 unspecified atom stereocenters. The third kappa shape index (κ3) is 3.89. The van der Waals surface area contributed by atoms with Crippen molar-refractivity contribution in [1.82, 2.24) is 9.97 Å². The summed E-state index contributed by atoms with van der Waals surface area (Å²) in [6.45, 7) is 8.30. The van der Waals surface area contributed by atoms with Crippen LogP contribution in [0.3, 0.4) is 0 Å². The van der Waals surface area contributed by atoms with Crippen LogP contribution in [0, 0.1) is 12.3 Å². The second kappa shape index (κ2) is 6.58. The van der Waals surface area contributed by atoms with Crippen LogP contribution in [0.2, 0.25) is 0 Å². The van der Waals surface area contributed by atoms with Gasteiger partial charge >= 0.3 is 0 Å². The summed E-state index contributed by atoms with van der Waals surface area (Å²) in [6.07, 6.45) is 2.67. The van der Waals surface area contributed by atoms with Crippen molar-refractivity contribution in [3.8, 4) is 0 Å². The normalized spacial score (nSPS) is 16.7. The number of rotatable bonds is 6. The van der Waals surface area contributed by atoms with Crippen molar-refractivity contribution in [2.45, 2.75) is 58.8 Å². The summed E-state index contributed by atoms with van der Waals surface area (Å²) in [6, 6.07) is 9.96. The molecule has 0 amide bonds. The Kier molecular flexibility index (Phi) is 4.63. The van der Waals surface area contributed by atoms with E-state index in [-0.39, 0.29) is 28.4 Å². The van der Waals surface area contributed by atoms with E-state index in [0.717, 1.165) is 12.8 Å². The molecule has 4 heteroatoms. The van der Waals surface area contributed by atoms with Crippen molar-refractivity contribution in [3.05, 3.63) is 63.3 Å². The van der Waals surface area contributed by atoms with E-state index in [4.69, 9.17) is 0 Å². The Labute approximate surface area is 148 Å². The maximum absolute atomic E-state index is 12.8. The second-order valence-electron chi connectivity index (χ2n) is 7.87. The summed E-state index contributed by atoms with van der Waals surface area (Å²) < 4.78 is 0. The van der Waals surface area contributed by atoms with Gasteiger partial charge in [-0.2, -0.15) is 0 Å². The Morgan fingerprint density at radius 3 is 2.32 bits per heavy atom. The molecule has 0 saturated heterocycles. The molecule has 4 nitrogen and oxygen atoms in total. The highest BCUT2D eigenvalue weighted by molar-refractivity contribution is 5.94. The zero-order valence-corrected chi connectivity index (χ0v) is 15.4. The number of carbonyl (C=O) groups is 1. The first-order valence-electron chi connectivity index (χ1n) is 8.99. The number of Topliss-reactive ketones (excluding diaryl/α,β-unsaturated/α-hetero) is 1. The van der Waals surface area contributed by atoms with E-state index in [1.165, 1.54) is 17.2 Å². The SMILES string of the molecule is Cc1nc(C(=O)C[C@@H](c2ccc(C(C)C)cc2)C2(C)CC2)cc(=O)[nH]1. The molecule has 25 heavy (non-hydrogen) atoms. The topological polar surface area (TPSA) is 62.8 Å². The quantitative estimate of drug-likeness (QED) is 0.796. The lowest BCUT2D eigenvalue weighted by atomic mass is 9.80. The smallest absolute Gasteiger partial charge is 0.251 e. The van der Waals surface area contributed by atoms with Crippen LogP contribution in [-0.2, 0) is 0 Å². The molecule has 1 aliphatic rings. The van der Waals surface area contributed by atoms with E-state index < -0.39 is 0 Å². The van der Waals surface area contributed by atoms with Gasteiger partial charge in [-0.3, -0.25) is 9.59 Å². The Morgan fingerprint density at radius 1 is 1.20 bits per heavy atom. The van der Waals surface area contributed by atoms with Gasteiger partial charge in [-0.05, 0) is 48.1 Å². The summed E-state index contributed by atoms with van der Waals surface area (Å²) in [5.41, 5.74) is 2.69. The summed E-state index contributed by atoms with van der Waals surface area (Å²) in [5, 5.41) is 0. The average molecular weight is 338 g/mol. The Bertz CT molecular complexity index is 830. The molecule has 3 rings (SSSR count). The van der Waals surface area contributed by atoms with Crippen molar-refractivity contribution in [1.29, 1.82) is 0 Å². The monoisotopic (exact) mass is 338 g/mol. The van der Waals surface area contributed by atoms with Gasteiger partial charge < -0.3 is 4.98 Å². The van der Waals surface area contributed by atoms with Crippen molar-refractivity contribution < 1.29 is 4.79 Å². The third-order valence-electron chi connectivity index (χ3n) is 5.42. The van der Waals surface area contributed by atoms with Crippen molar-refractivity contribution in [2.24, 2.45) is 5.41 Å². The fraction of sp³-hybridized carbons (Fsp3) is 0.476. The minimum absolute atomic E-state index is 0.0553. The molecule has 1 saturated carbocycles. The number of aromatic amines is 1. The van der Waals surface area contributed by atoms with Crippen molar-refractivity contribution >= 4 is 5.78 Å². The van der Waals surface area contributed by atoms with E-state index in [0.29, 0.717) is 18.2 Å². The molecule has 1 heterocycles. The maximum Gasteiger partial charge on any atom is 0.251 e. The maximum atomic E-state index is 12.8. The van der Waals surface area contributed by atoms with Gasteiger partial charge in [0, 0.05) is 12.5 Å². The molecular weight excluding hydrogens is 312 g/mol. The number of H-pyrrole nitrogens is 1. The lowest BCUT2D eigenvalue weighted by Gasteiger charge is -2.24. The average Bonchev–Trinajstić information content (AvgIpc) is 3.30. The van der Waals surface area contributed by atoms with E-state index in [1.54, 1.807) is 6.92 Å². The molecule has 0 radical (unpaired) electrons. The third-order valence-corrected chi connectivity index (χ3v) is 5.42. The Morgan fingerprint density at radius 2 is 1.80 bits per heavy atom. The minimum Gasteiger partial charge on any atom is -0.311 e. The first-order chi connectivity index (χ1) is 11.8. The van der Waals surface area contributed by atoms with Gasteiger partial charge in [-0.25, -0.2) is 4.98 Å². The fourth-order valence-electron chi connectivity index (χ4n) is 3.44. The summed E-state index contributed by atoms with van der Waals surface area (Å²) in [4.78, 5) is 31.2. The van der Waals surface area contributed by atoms with Gasteiger partial charge in [-0.1, -0.05) is 45.0 Å². The number of carbonyl (C=O) groups excluding carboxylic acids is 1. The van der Waals surface area contributed by atoms with E-state index in [9.17, 15) is 9.59 Å². The minimum atomic E-state index is -0.272. The predicted molar refractivity (Wildman–Crippen MR) is 99.2 cm³/mol. The summed E-state index contributed by atoms with van der Waals surface area (Å²) in [5.74, 6) is 1.09. The molecule has 132 valence electrons. The van der Waals surface area contributed by atoms with Gasteiger partial charge in [-0.15, -0.1) is 0 Å². The molecule has 1 N–H and O–H groups in total. The highest BCUT2D eigenvalue weighted by atomic mass is 16.1. The number of hydrogen-bond donors (Lipinski definition) is 1. The van der Waals surface area contributed by atoms with Crippen LogP contribution in [0.25, 0.3) is 0 Å².